The molecule has 0 spiro atoms. The van der Waals surface area contributed by atoms with Gasteiger partial charge in [0.1, 0.15) is 5.69 Å². The lowest BCUT2D eigenvalue weighted by molar-refractivity contribution is 0.563. The summed E-state index contributed by atoms with van der Waals surface area (Å²) >= 11 is 1.58. The van der Waals surface area contributed by atoms with Gasteiger partial charge in [0, 0.05) is 12.6 Å². The second-order valence-corrected chi connectivity index (χ2v) is 4.79. The SMILES string of the molecule is Cc1ncsc1-c1ocnc1CNC(C)C. The zero-order valence-electron chi connectivity index (χ0n) is 9.65. The molecule has 0 bridgehead atoms. The van der Waals surface area contributed by atoms with Crippen molar-refractivity contribution >= 4 is 11.3 Å². The molecule has 0 atom stereocenters. The average Bonchev–Trinajstić information content (AvgIpc) is 2.82. The van der Waals surface area contributed by atoms with Gasteiger partial charge in [-0.3, -0.25) is 0 Å². The van der Waals surface area contributed by atoms with Gasteiger partial charge in [-0.2, -0.15) is 0 Å². The van der Waals surface area contributed by atoms with E-state index in [1.807, 2.05) is 12.4 Å². The average molecular weight is 237 g/mol. The molecule has 2 rings (SSSR count). The zero-order chi connectivity index (χ0) is 11.5. The smallest absolute Gasteiger partial charge is 0.181 e. The van der Waals surface area contributed by atoms with Gasteiger partial charge in [-0.15, -0.1) is 11.3 Å². The fraction of sp³-hybridized carbons (Fsp3) is 0.455. The van der Waals surface area contributed by atoms with Crippen molar-refractivity contribution in [3.05, 3.63) is 23.3 Å². The summed E-state index contributed by atoms with van der Waals surface area (Å²) in [6.07, 6.45) is 1.49. The van der Waals surface area contributed by atoms with Crippen LogP contribution in [0.5, 0.6) is 0 Å². The van der Waals surface area contributed by atoms with E-state index in [1.165, 1.54) is 6.39 Å². The van der Waals surface area contributed by atoms with Crippen LogP contribution in [-0.2, 0) is 6.54 Å². The van der Waals surface area contributed by atoms with Crippen molar-refractivity contribution in [3.63, 3.8) is 0 Å². The molecule has 2 aromatic heterocycles. The molecule has 0 aromatic carbocycles. The standard InChI is InChI=1S/C11H15N3OS/c1-7(2)12-4-9-10(15-5-13-9)11-8(3)14-6-16-11/h5-7,12H,4H2,1-3H3. The van der Waals surface area contributed by atoms with E-state index in [0.717, 1.165) is 28.6 Å². The monoisotopic (exact) mass is 237 g/mol. The Labute approximate surface area is 98.7 Å². The van der Waals surface area contributed by atoms with Crippen LogP contribution in [0, 0.1) is 6.92 Å². The van der Waals surface area contributed by atoms with E-state index >= 15 is 0 Å². The third-order valence-corrected chi connectivity index (χ3v) is 3.20. The molecule has 1 N–H and O–H groups in total. The van der Waals surface area contributed by atoms with Gasteiger partial charge < -0.3 is 9.73 Å². The number of nitrogens with one attached hydrogen (secondary N) is 1. The van der Waals surface area contributed by atoms with E-state index in [0.29, 0.717) is 6.04 Å². The third-order valence-electron chi connectivity index (χ3n) is 2.27. The number of aromatic nitrogens is 2. The summed E-state index contributed by atoms with van der Waals surface area (Å²) in [6, 6.07) is 0.437. The van der Waals surface area contributed by atoms with Gasteiger partial charge in [-0.05, 0) is 6.92 Å². The molecule has 16 heavy (non-hydrogen) atoms. The highest BCUT2D eigenvalue weighted by molar-refractivity contribution is 7.13. The lowest BCUT2D eigenvalue weighted by Crippen LogP contribution is -2.22. The molecule has 86 valence electrons. The van der Waals surface area contributed by atoms with Crippen LogP contribution in [0.15, 0.2) is 16.3 Å². The van der Waals surface area contributed by atoms with Crippen molar-refractivity contribution in [2.24, 2.45) is 0 Å². The first-order valence-electron chi connectivity index (χ1n) is 5.24. The molecule has 0 saturated heterocycles. The van der Waals surface area contributed by atoms with Crippen LogP contribution < -0.4 is 5.32 Å². The number of nitrogens with zero attached hydrogens (tertiary/aromatic N) is 2. The summed E-state index contributed by atoms with van der Waals surface area (Å²) in [4.78, 5) is 9.52. The Morgan fingerprint density at radius 2 is 2.25 bits per heavy atom. The fourth-order valence-electron chi connectivity index (χ4n) is 1.40. The lowest BCUT2D eigenvalue weighted by atomic mass is 10.2. The van der Waals surface area contributed by atoms with Gasteiger partial charge in [0.05, 0.1) is 16.1 Å². The summed E-state index contributed by atoms with van der Waals surface area (Å²) in [5.74, 6) is 0.841. The summed E-state index contributed by atoms with van der Waals surface area (Å²) in [5.41, 5.74) is 3.76. The number of rotatable bonds is 4. The first-order chi connectivity index (χ1) is 7.68. The number of hydrogen-bond acceptors (Lipinski definition) is 5. The molecule has 2 aromatic rings. The van der Waals surface area contributed by atoms with E-state index in [9.17, 15) is 0 Å². The highest BCUT2D eigenvalue weighted by Gasteiger charge is 2.14. The first-order valence-corrected chi connectivity index (χ1v) is 6.12. The maximum Gasteiger partial charge on any atom is 0.181 e. The molecule has 5 heteroatoms. The minimum absolute atomic E-state index is 0.437. The predicted octanol–water partition coefficient (Wildman–Crippen LogP) is 2.60. The van der Waals surface area contributed by atoms with E-state index in [4.69, 9.17) is 4.42 Å². The van der Waals surface area contributed by atoms with Crippen molar-refractivity contribution in [1.29, 1.82) is 0 Å². The van der Waals surface area contributed by atoms with Gasteiger partial charge in [0.2, 0.25) is 0 Å². The molecule has 2 heterocycles. The Hall–Kier alpha value is -1.20. The Kier molecular flexibility index (Phi) is 3.36. The topological polar surface area (TPSA) is 51.0 Å². The molecule has 0 aliphatic heterocycles. The number of hydrogen-bond donors (Lipinski definition) is 1. The Morgan fingerprint density at radius 1 is 1.44 bits per heavy atom. The van der Waals surface area contributed by atoms with E-state index in [2.05, 4.69) is 29.1 Å². The summed E-state index contributed by atoms with van der Waals surface area (Å²) < 4.78 is 5.44. The van der Waals surface area contributed by atoms with E-state index < -0.39 is 0 Å². The Morgan fingerprint density at radius 3 is 2.88 bits per heavy atom. The number of oxazole rings is 1. The van der Waals surface area contributed by atoms with Gasteiger partial charge in [-0.25, -0.2) is 9.97 Å². The van der Waals surface area contributed by atoms with E-state index in [1.54, 1.807) is 11.3 Å². The third kappa shape index (κ3) is 2.31. The molecule has 0 unspecified atom stereocenters. The molecule has 0 amide bonds. The largest absolute Gasteiger partial charge is 0.442 e. The molecule has 0 saturated carbocycles. The summed E-state index contributed by atoms with van der Waals surface area (Å²) in [5, 5.41) is 3.33. The Bertz CT molecular complexity index is 461. The molecule has 0 fully saturated rings. The molecular formula is C11H15N3OS. The van der Waals surface area contributed by atoms with Gasteiger partial charge in [0.25, 0.3) is 0 Å². The Balaban J connectivity index is 2.23. The maximum atomic E-state index is 5.44. The second kappa shape index (κ2) is 4.76. The summed E-state index contributed by atoms with van der Waals surface area (Å²) in [7, 11) is 0. The quantitative estimate of drug-likeness (QED) is 0.888. The maximum absolute atomic E-state index is 5.44. The van der Waals surface area contributed by atoms with Crippen LogP contribution in [0.1, 0.15) is 25.2 Å². The van der Waals surface area contributed by atoms with Crippen LogP contribution >= 0.6 is 11.3 Å². The van der Waals surface area contributed by atoms with Crippen LogP contribution in [-0.4, -0.2) is 16.0 Å². The van der Waals surface area contributed by atoms with Gasteiger partial charge in [-0.1, -0.05) is 13.8 Å². The molecule has 0 aliphatic carbocycles. The van der Waals surface area contributed by atoms with Crippen LogP contribution in [0.3, 0.4) is 0 Å². The van der Waals surface area contributed by atoms with Crippen molar-refractivity contribution in [2.75, 3.05) is 0 Å². The van der Waals surface area contributed by atoms with Crippen LogP contribution in [0.2, 0.25) is 0 Å². The highest BCUT2D eigenvalue weighted by atomic mass is 32.1. The van der Waals surface area contributed by atoms with Crippen molar-refractivity contribution in [2.45, 2.75) is 33.4 Å². The summed E-state index contributed by atoms with van der Waals surface area (Å²) in [6.45, 7) is 6.92. The van der Waals surface area contributed by atoms with Crippen molar-refractivity contribution < 1.29 is 4.42 Å². The van der Waals surface area contributed by atoms with Crippen molar-refractivity contribution in [3.8, 4) is 10.6 Å². The normalized spacial score (nSPS) is 11.2. The van der Waals surface area contributed by atoms with Crippen molar-refractivity contribution in [1.82, 2.24) is 15.3 Å². The fourth-order valence-corrected chi connectivity index (χ4v) is 2.21. The minimum atomic E-state index is 0.437. The highest BCUT2D eigenvalue weighted by Crippen LogP contribution is 2.29. The lowest BCUT2D eigenvalue weighted by Gasteiger charge is -2.06. The van der Waals surface area contributed by atoms with E-state index in [-0.39, 0.29) is 0 Å². The predicted molar refractivity (Wildman–Crippen MR) is 64.3 cm³/mol. The number of thiazole rings is 1. The zero-order valence-corrected chi connectivity index (χ0v) is 10.5. The first kappa shape index (κ1) is 11.3. The minimum Gasteiger partial charge on any atom is -0.442 e. The van der Waals surface area contributed by atoms with Crippen LogP contribution in [0.25, 0.3) is 10.6 Å². The molecular weight excluding hydrogens is 222 g/mol. The second-order valence-electron chi connectivity index (χ2n) is 3.93. The van der Waals surface area contributed by atoms with Gasteiger partial charge in [0.15, 0.2) is 12.2 Å². The molecule has 4 nitrogen and oxygen atoms in total. The molecule has 0 radical (unpaired) electrons. The number of aryl methyl sites for hydroxylation is 1. The van der Waals surface area contributed by atoms with Crippen LogP contribution in [0.4, 0.5) is 0 Å². The molecule has 0 aliphatic rings. The van der Waals surface area contributed by atoms with Gasteiger partial charge >= 0.3 is 0 Å².